The van der Waals surface area contributed by atoms with Gasteiger partial charge < -0.3 is 4.90 Å². The van der Waals surface area contributed by atoms with Crippen LogP contribution in [0.2, 0.25) is 0 Å². The molecule has 2 unspecified atom stereocenters. The average Bonchev–Trinajstić information content (AvgIpc) is 2.33. The fraction of sp³-hybridized carbons (Fsp3) is 1.00. The lowest BCUT2D eigenvalue weighted by atomic mass is 10.0. The molecule has 0 spiro atoms. The van der Waals surface area contributed by atoms with Crippen molar-refractivity contribution in [2.24, 2.45) is 0 Å². The Hall–Kier alpha value is 0.310. The summed E-state index contributed by atoms with van der Waals surface area (Å²) in [5.41, 5.74) is 0. The molecule has 0 aliphatic carbocycles. The monoisotopic (exact) mass is 199 g/mol. The zero-order chi connectivity index (χ0) is 9.42. The molecule has 0 radical (unpaired) electrons. The summed E-state index contributed by atoms with van der Waals surface area (Å²) >= 11 is 2.20. The van der Waals surface area contributed by atoms with Gasteiger partial charge in [-0.3, -0.25) is 0 Å². The number of hydrogen-bond acceptors (Lipinski definition) is 2. The maximum absolute atomic E-state index is 2.62. The van der Waals surface area contributed by atoms with Gasteiger partial charge in [-0.1, -0.05) is 13.8 Å². The molecule has 0 aromatic heterocycles. The maximum atomic E-state index is 2.62. The van der Waals surface area contributed by atoms with E-state index < -0.39 is 0 Å². The first-order chi connectivity index (χ1) is 6.16. The van der Waals surface area contributed by atoms with Gasteiger partial charge in [0, 0.05) is 17.3 Å². The first-order valence-electron chi connectivity index (χ1n) is 5.54. The van der Waals surface area contributed by atoms with Crippen LogP contribution in [0.15, 0.2) is 0 Å². The van der Waals surface area contributed by atoms with Crippen LogP contribution in [-0.4, -0.2) is 34.5 Å². The molecule has 0 N–H and O–H groups in total. The molecule has 2 heteroatoms. The van der Waals surface area contributed by atoms with E-state index in [1.165, 1.54) is 25.7 Å². The van der Waals surface area contributed by atoms with Crippen molar-refractivity contribution in [3.63, 3.8) is 0 Å². The first kappa shape index (κ1) is 9.85. The summed E-state index contributed by atoms with van der Waals surface area (Å²) in [7, 11) is 2.32. The van der Waals surface area contributed by atoms with Crippen molar-refractivity contribution in [1.82, 2.24) is 4.90 Å². The quantitative estimate of drug-likeness (QED) is 0.673. The molecule has 76 valence electrons. The largest absolute Gasteiger partial charge is 0.300 e. The van der Waals surface area contributed by atoms with Crippen molar-refractivity contribution in [3.8, 4) is 0 Å². The van der Waals surface area contributed by atoms with Gasteiger partial charge in [0.25, 0.3) is 0 Å². The van der Waals surface area contributed by atoms with Crippen LogP contribution < -0.4 is 0 Å². The van der Waals surface area contributed by atoms with Crippen molar-refractivity contribution < 1.29 is 0 Å². The molecule has 1 nitrogen and oxygen atoms in total. The summed E-state index contributed by atoms with van der Waals surface area (Å²) in [5.74, 6) is 0. The van der Waals surface area contributed by atoms with Crippen LogP contribution >= 0.6 is 11.8 Å². The lowest BCUT2D eigenvalue weighted by Crippen LogP contribution is -2.41. The van der Waals surface area contributed by atoms with Crippen molar-refractivity contribution in [2.45, 2.75) is 62.1 Å². The van der Waals surface area contributed by atoms with Gasteiger partial charge in [0.05, 0.1) is 0 Å². The molecule has 2 aliphatic rings. The normalized spacial score (nSPS) is 40.2. The highest BCUT2D eigenvalue weighted by Crippen LogP contribution is 2.39. The number of hydrogen-bond donors (Lipinski definition) is 0. The van der Waals surface area contributed by atoms with E-state index in [0.29, 0.717) is 0 Å². The van der Waals surface area contributed by atoms with Crippen LogP contribution in [0.5, 0.6) is 0 Å². The van der Waals surface area contributed by atoms with Crippen molar-refractivity contribution in [3.05, 3.63) is 0 Å². The van der Waals surface area contributed by atoms with E-state index in [2.05, 4.69) is 37.6 Å². The smallest absolute Gasteiger partial charge is 0.0106 e. The number of piperidine rings is 1. The topological polar surface area (TPSA) is 3.24 Å². The lowest BCUT2D eigenvalue weighted by molar-refractivity contribution is 0.183. The summed E-state index contributed by atoms with van der Waals surface area (Å²) in [5, 5.41) is 1.77. The first-order valence-corrected chi connectivity index (χ1v) is 6.48. The Labute approximate surface area is 86.3 Å². The third kappa shape index (κ3) is 2.04. The van der Waals surface area contributed by atoms with E-state index in [1.54, 1.807) is 0 Å². The van der Waals surface area contributed by atoms with Gasteiger partial charge in [-0.25, -0.2) is 0 Å². The SMILES string of the molecule is CC(C)SC1CC2CCC(C1)N2C. The average molecular weight is 199 g/mol. The molecule has 2 bridgehead atoms. The van der Waals surface area contributed by atoms with Gasteiger partial charge in [0.15, 0.2) is 0 Å². The molecule has 2 atom stereocenters. The fourth-order valence-corrected chi connectivity index (χ4v) is 4.29. The Kier molecular flexibility index (Phi) is 2.89. The van der Waals surface area contributed by atoms with E-state index in [1.807, 2.05) is 0 Å². The molecule has 13 heavy (non-hydrogen) atoms. The van der Waals surface area contributed by atoms with Gasteiger partial charge in [-0.15, -0.1) is 0 Å². The third-order valence-electron chi connectivity index (χ3n) is 3.52. The van der Waals surface area contributed by atoms with E-state index in [9.17, 15) is 0 Å². The molecule has 2 aliphatic heterocycles. The van der Waals surface area contributed by atoms with E-state index in [-0.39, 0.29) is 0 Å². The predicted octanol–water partition coefficient (Wildman–Crippen LogP) is 2.75. The molecular formula is C11H21NS. The Bertz CT molecular complexity index is 167. The summed E-state index contributed by atoms with van der Waals surface area (Å²) in [6, 6.07) is 1.82. The highest BCUT2D eigenvalue weighted by molar-refractivity contribution is 8.00. The minimum atomic E-state index is 0.813. The second kappa shape index (κ2) is 3.82. The minimum Gasteiger partial charge on any atom is -0.300 e. The van der Waals surface area contributed by atoms with Crippen molar-refractivity contribution in [2.75, 3.05) is 7.05 Å². The maximum Gasteiger partial charge on any atom is 0.0106 e. The van der Waals surface area contributed by atoms with Gasteiger partial charge in [-0.2, -0.15) is 11.8 Å². The standard InChI is InChI=1S/C11H21NS/c1-8(2)13-11-6-9-4-5-10(7-11)12(9)3/h8-11H,4-7H2,1-3H3. The van der Waals surface area contributed by atoms with Crippen molar-refractivity contribution >= 4 is 11.8 Å². The Balaban J connectivity index is 1.91. The zero-order valence-corrected chi connectivity index (χ0v) is 9.81. The van der Waals surface area contributed by atoms with Crippen LogP contribution in [0.25, 0.3) is 0 Å². The molecule has 0 saturated carbocycles. The van der Waals surface area contributed by atoms with E-state index in [4.69, 9.17) is 0 Å². The lowest BCUT2D eigenvalue weighted by Gasteiger charge is -2.36. The Morgan fingerprint density at radius 1 is 1.15 bits per heavy atom. The molecule has 0 amide bonds. The third-order valence-corrected chi connectivity index (χ3v) is 4.83. The molecule has 2 rings (SSSR count). The zero-order valence-electron chi connectivity index (χ0n) is 8.99. The summed E-state index contributed by atoms with van der Waals surface area (Å²) < 4.78 is 0. The minimum absolute atomic E-state index is 0.813. The number of fused-ring (bicyclic) bond motifs is 2. The summed E-state index contributed by atoms with van der Waals surface area (Å²) in [4.78, 5) is 2.62. The second-order valence-corrected chi connectivity index (χ2v) is 6.71. The number of rotatable bonds is 2. The van der Waals surface area contributed by atoms with Crippen LogP contribution in [0.1, 0.15) is 39.5 Å². The molecular weight excluding hydrogens is 178 g/mol. The van der Waals surface area contributed by atoms with E-state index >= 15 is 0 Å². The summed E-state index contributed by atoms with van der Waals surface area (Å²) in [6.45, 7) is 4.65. The van der Waals surface area contributed by atoms with Gasteiger partial charge in [0.1, 0.15) is 0 Å². The molecule has 2 heterocycles. The Morgan fingerprint density at radius 2 is 1.69 bits per heavy atom. The number of thioether (sulfide) groups is 1. The molecule has 0 aromatic rings. The van der Waals surface area contributed by atoms with Crippen LogP contribution in [0.4, 0.5) is 0 Å². The van der Waals surface area contributed by atoms with Gasteiger partial charge in [0.2, 0.25) is 0 Å². The van der Waals surface area contributed by atoms with Crippen LogP contribution in [-0.2, 0) is 0 Å². The predicted molar refractivity (Wildman–Crippen MR) is 60.3 cm³/mol. The van der Waals surface area contributed by atoms with E-state index in [0.717, 1.165) is 22.6 Å². The Morgan fingerprint density at radius 3 is 2.15 bits per heavy atom. The molecule has 2 saturated heterocycles. The fourth-order valence-electron chi connectivity index (χ4n) is 2.86. The molecule has 2 fully saturated rings. The van der Waals surface area contributed by atoms with Crippen LogP contribution in [0, 0.1) is 0 Å². The second-order valence-electron chi connectivity index (χ2n) is 4.83. The molecule has 0 aromatic carbocycles. The summed E-state index contributed by atoms with van der Waals surface area (Å²) in [6.07, 6.45) is 5.79. The van der Waals surface area contributed by atoms with Gasteiger partial charge >= 0.3 is 0 Å². The highest BCUT2D eigenvalue weighted by atomic mass is 32.2. The number of nitrogens with zero attached hydrogens (tertiary/aromatic N) is 1. The van der Waals surface area contributed by atoms with Crippen molar-refractivity contribution in [1.29, 1.82) is 0 Å². The highest BCUT2D eigenvalue weighted by Gasteiger charge is 2.38. The van der Waals surface area contributed by atoms with Gasteiger partial charge in [-0.05, 0) is 38.0 Å². The van der Waals surface area contributed by atoms with Crippen LogP contribution in [0.3, 0.4) is 0 Å².